The molecular formula is C18H27N3. The van der Waals surface area contributed by atoms with Crippen LogP contribution >= 0.6 is 0 Å². The second kappa shape index (κ2) is 8.05. The lowest BCUT2D eigenvalue weighted by Gasteiger charge is -2.25. The Kier molecular flexibility index (Phi) is 6.07. The summed E-state index contributed by atoms with van der Waals surface area (Å²) in [6.07, 6.45) is 4.95. The van der Waals surface area contributed by atoms with Gasteiger partial charge in [0.15, 0.2) is 0 Å². The van der Waals surface area contributed by atoms with E-state index in [4.69, 9.17) is 0 Å². The van der Waals surface area contributed by atoms with E-state index in [0.717, 1.165) is 56.2 Å². The molecule has 0 radical (unpaired) electrons. The van der Waals surface area contributed by atoms with Gasteiger partial charge in [-0.2, -0.15) is 5.26 Å². The maximum Gasteiger partial charge on any atom is 0.101 e. The fraction of sp³-hybridized carbons (Fsp3) is 0.611. The number of hydrogen-bond donors (Lipinski definition) is 1. The lowest BCUT2D eigenvalue weighted by Crippen LogP contribution is -2.27. The van der Waals surface area contributed by atoms with Crippen LogP contribution in [0.2, 0.25) is 0 Å². The van der Waals surface area contributed by atoms with Crippen LogP contribution < -0.4 is 10.2 Å². The lowest BCUT2D eigenvalue weighted by molar-refractivity contribution is 0.674. The van der Waals surface area contributed by atoms with Gasteiger partial charge < -0.3 is 10.2 Å². The molecule has 0 spiro atoms. The number of benzene rings is 1. The monoisotopic (exact) mass is 285 g/mol. The number of rotatable bonds is 9. The van der Waals surface area contributed by atoms with Crippen LogP contribution in [0.15, 0.2) is 18.2 Å². The molecule has 1 aromatic carbocycles. The van der Waals surface area contributed by atoms with Crippen molar-refractivity contribution in [3.63, 3.8) is 0 Å². The van der Waals surface area contributed by atoms with Crippen LogP contribution in [-0.4, -0.2) is 19.6 Å². The highest BCUT2D eigenvalue weighted by Gasteiger charge is 2.25. The minimum Gasteiger partial charge on any atom is -0.370 e. The van der Waals surface area contributed by atoms with Crippen LogP contribution in [0.5, 0.6) is 0 Å². The van der Waals surface area contributed by atoms with Crippen LogP contribution in [0.1, 0.15) is 50.7 Å². The first kappa shape index (κ1) is 15.9. The van der Waals surface area contributed by atoms with E-state index in [1.54, 1.807) is 0 Å². The van der Waals surface area contributed by atoms with Crippen molar-refractivity contribution < 1.29 is 0 Å². The van der Waals surface area contributed by atoms with Crippen LogP contribution in [0.3, 0.4) is 0 Å². The van der Waals surface area contributed by atoms with Crippen molar-refractivity contribution in [3.8, 4) is 6.07 Å². The van der Waals surface area contributed by atoms with Crippen molar-refractivity contribution in [1.29, 1.82) is 5.26 Å². The number of nitriles is 1. The molecule has 1 N–H and O–H groups in total. The van der Waals surface area contributed by atoms with Gasteiger partial charge in [-0.3, -0.25) is 0 Å². The number of hydrogen-bond acceptors (Lipinski definition) is 3. The Bertz CT molecular complexity index is 486. The molecule has 3 nitrogen and oxygen atoms in total. The highest BCUT2D eigenvalue weighted by atomic mass is 15.1. The molecular weight excluding hydrogens is 258 g/mol. The van der Waals surface area contributed by atoms with E-state index in [1.807, 2.05) is 6.07 Å². The molecule has 1 saturated carbocycles. The molecule has 0 atom stereocenters. The first-order valence-electron chi connectivity index (χ1n) is 8.27. The Balaban J connectivity index is 2.11. The van der Waals surface area contributed by atoms with Crippen molar-refractivity contribution in [3.05, 3.63) is 29.3 Å². The molecule has 1 aromatic rings. The molecule has 0 saturated heterocycles. The van der Waals surface area contributed by atoms with E-state index >= 15 is 0 Å². The predicted octanol–water partition coefficient (Wildman–Crippen LogP) is 3.68. The molecule has 2 rings (SSSR count). The summed E-state index contributed by atoms with van der Waals surface area (Å²) in [5.74, 6) is 0.842. The average Bonchev–Trinajstić information content (AvgIpc) is 3.31. The topological polar surface area (TPSA) is 39.1 Å². The van der Waals surface area contributed by atoms with Gasteiger partial charge in [-0.1, -0.05) is 19.9 Å². The maximum absolute atomic E-state index is 9.48. The normalized spacial score (nSPS) is 14.0. The molecule has 0 heterocycles. The Hall–Kier alpha value is -1.53. The Morgan fingerprint density at radius 1 is 1.29 bits per heavy atom. The first-order chi connectivity index (χ1) is 10.3. The summed E-state index contributed by atoms with van der Waals surface area (Å²) in [6, 6.07) is 8.74. The Morgan fingerprint density at radius 3 is 2.71 bits per heavy atom. The van der Waals surface area contributed by atoms with E-state index in [0.29, 0.717) is 0 Å². The molecule has 0 aromatic heterocycles. The fourth-order valence-corrected chi connectivity index (χ4v) is 2.66. The predicted molar refractivity (Wildman–Crippen MR) is 88.4 cm³/mol. The van der Waals surface area contributed by atoms with Crippen molar-refractivity contribution in [1.82, 2.24) is 5.32 Å². The van der Waals surface area contributed by atoms with Crippen molar-refractivity contribution in [2.75, 3.05) is 24.5 Å². The van der Waals surface area contributed by atoms with Crippen LogP contribution in [-0.2, 0) is 6.54 Å². The first-order valence-corrected chi connectivity index (χ1v) is 8.27. The highest BCUT2D eigenvalue weighted by Crippen LogP contribution is 2.32. The minimum absolute atomic E-state index is 0.819. The van der Waals surface area contributed by atoms with Crippen LogP contribution in [0, 0.1) is 17.2 Å². The van der Waals surface area contributed by atoms with Gasteiger partial charge in [-0.25, -0.2) is 0 Å². The lowest BCUT2D eigenvalue weighted by atomic mass is 10.1. The summed E-state index contributed by atoms with van der Waals surface area (Å²) in [6.45, 7) is 8.38. The number of anilines is 1. The molecule has 0 unspecified atom stereocenters. The SMILES string of the molecule is CCCNCc1ccc(N(CCC)CC2CC2)c(C#N)c1. The maximum atomic E-state index is 9.48. The smallest absolute Gasteiger partial charge is 0.101 e. The van der Waals surface area contributed by atoms with Crippen LogP contribution in [0.4, 0.5) is 5.69 Å². The molecule has 1 fully saturated rings. The van der Waals surface area contributed by atoms with Gasteiger partial charge in [0.05, 0.1) is 11.3 Å². The van der Waals surface area contributed by atoms with E-state index in [1.165, 1.54) is 18.4 Å². The summed E-state index contributed by atoms with van der Waals surface area (Å²) in [4.78, 5) is 2.40. The van der Waals surface area contributed by atoms with Crippen molar-refractivity contribution in [2.24, 2.45) is 5.92 Å². The van der Waals surface area contributed by atoms with Crippen molar-refractivity contribution >= 4 is 5.69 Å². The summed E-state index contributed by atoms with van der Waals surface area (Å²) in [7, 11) is 0. The fourth-order valence-electron chi connectivity index (χ4n) is 2.66. The molecule has 21 heavy (non-hydrogen) atoms. The third-order valence-corrected chi connectivity index (χ3v) is 3.95. The zero-order valence-electron chi connectivity index (χ0n) is 13.4. The third kappa shape index (κ3) is 4.75. The summed E-state index contributed by atoms with van der Waals surface area (Å²) < 4.78 is 0. The molecule has 1 aliphatic carbocycles. The largest absolute Gasteiger partial charge is 0.370 e. The second-order valence-electron chi connectivity index (χ2n) is 6.03. The van der Waals surface area contributed by atoms with E-state index in [-0.39, 0.29) is 0 Å². The quantitative estimate of drug-likeness (QED) is 0.703. The summed E-state index contributed by atoms with van der Waals surface area (Å²) in [5.41, 5.74) is 3.14. The van der Waals surface area contributed by atoms with Gasteiger partial charge in [0.2, 0.25) is 0 Å². The van der Waals surface area contributed by atoms with E-state index < -0.39 is 0 Å². The van der Waals surface area contributed by atoms with E-state index in [9.17, 15) is 5.26 Å². The zero-order valence-corrected chi connectivity index (χ0v) is 13.4. The van der Waals surface area contributed by atoms with Gasteiger partial charge in [-0.05, 0) is 55.8 Å². The summed E-state index contributed by atoms with van der Waals surface area (Å²) in [5, 5.41) is 12.9. The second-order valence-corrected chi connectivity index (χ2v) is 6.03. The third-order valence-electron chi connectivity index (χ3n) is 3.95. The Labute approximate surface area is 129 Å². The standard InChI is InChI=1S/C18H27N3/c1-3-9-20-13-16-7-8-18(17(11-16)12-19)21(10-4-2)14-15-5-6-15/h7-8,11,15,20H,3-6,9-10,13-14H2,1-2H3. The number of nitrogens with zero attached hydrogens (tertiary/aromatic N) is 2. The van der Waals surface area contributed by atoms with E-state index in [2.05, 4.69) is 42.3 Å². The zero-order chi connectivity index (χ0) is 15.1. The van der Waals surface area contributed by atoms with Crippen molar-refractivity contribution in [2.45, 2.75) is 46.1 Å². The van der Waals surface area contributed by atoms with Gasteiger partial charge in [-0.15, -0.1) is 0 Å². The molecule has 114 valence electrons. The molecule has 1 aliphatic rings. The molecule has 0 bridgehead atoms. The van der Waals surface area contributed by atoms with Gasteiger partial charge in [0.25, 0.3) is 0 Å². The van der Waals surface area contributed by atoms with Gasteiger partial charge in [0, 0.05) is 19.6 Å². The average molecular weight is 285 g/mol. The highest BCUT2D eigenvalue weighted by molar-refractivity contribution is 5.60. The molecule has 3 heteroatoms. The van der Waals surface area contributed by atoms with Crippen LogP contribution in [0.25, 0.3) is 0 Å². The number of nitrogens with one attached hydrogen (secondary N) is 1. The molecule has 0 aliphatic heterocycles. The van der Waals surface area contributed by atoms with Gasteiger partial charge >= 0.3 is 0 Å². The molecule has 0 amide bonds. The minimum atomic E-state index is 0.819. The van der Waals surface area contributed by atoms with Gasteiger partial charge in [0.1, 0.15) is 6.07 Å². The summed E-state index contributed by atoms with van der Waals surface area (Å²) >= 11 is 0. The Morgan fingerprint density at radius 2 is 2.10 bits per heavy atom.